The van der Waals surface area contributed by atoms with E-state index in [0.29, 0.717) is 31.3 Å². The summed E-state index contributed by atoms with van der Waals surface area (Å²) in [4.78, 5) is 27.4. The van der Waals surface area contributed by atoms with Gasteiger partial charge in [-0.1, -0.05) is 17.3 Å². The van der Waals surface area contributed by atoms with Crippen LogP contribution in [0.25, 0.3) is 0 Å². The Morgan fingerprint density at radius 2 is 2.33 bits per heavy atom. The molecule has 3 aliphatic rings. The minimum absolute atomic E-state index is 0.140. The zero-order valence-electron chi connectivity index (χ0n) is 15.8. The molecule has 1 spiro atoms. The Hall–Kier alpha value is -2.19. The predicted molar refractivity (Wildman–Crippen MR) is 96.0 cm³/mol. The van der Waals surface area contributed by atoms with Gasteiger partial charge in [-0.2, -0.15) is 0 Å². The van der Waals surface area contributed by atoms with Crippen LogP contribution in [0.5, 0.6) is 0 Å². The van der Waals surface area contributed by atoms with Crippen LogP contribution in [-0.4, -0.2) is 54.5 Å². The third-order valence-electron chi connectivity index (χ3n) is 5.37. The normalized spacial score (nSPS) is 31.2. The minimum Gasteiger partial charge on any atom is -0.379 e. The van der Waals surface area contributed by atoms with Crippen LogP contribution < -0.4 is 10.2 Å². The Labute approximate surface area is 157 Å². The van der Waals surface area contributed by atoms with Crippen molar-refractivity contribution in [2.24, 2.45) is 11.8 Å². The summed E-state index contributed by atoms with van der Waals surface area (Å²) >= 11 is 0. The second-order valence-corrected chi connectivity index (χ2v) is 7.68. The zero-order chi connectivity index (χ0) is 19.2. The highest BCUT2D eigenvalue weighted by Crippen LogP contribution is 2.52. The highest BCUT2D eigenvalue weighted by atomic mass is 16.5. The number of carbonyl (C=O) groups excluding carboxylic acids is 2. The highest BCUT2D eigenvalue weighted by molar-refractivity contribution is 6.02. The van der Waals surface area contributed by atoms with Gasteiger partial charge in [0.1, 0.15) is 11.4 Å². The lowest BCUT2D eigenvalue weighted by Gasteiger charge is -2.23. The molecule has 4 rings (SSSR count). The number of aryl methyl sites for hydroxylation is 1. The summed E-state index contributed by atoms with van der Waals surface area (Å²) < 4.78 is 16.7. The molecule has 0 saturated carbocycles. The largest absolute Gasteiger partial charge is 0.379 e. The molecule has 8 nitrogen and oxygen atoms in total. The first-order chi connectivity index (χ1) is 12.9. The topological polar surface area (TPSA) is 93.9 Å². The van der Waals surface area contributed by atoms with Crippen molar-refractivity contribution in [3.8, 4) is 0 Å². The number of aromatic nitrogens is 1. The van der Waals surface area contributed by atoms with E-state index in [1.54, 1.807) is 17.9 Å². The highest BCUT2D eigenvalue weighted by Gasteiger charge is 2.67. The van der Waals surface area contributed by atoms with E-state index in [1.165, 1.54) is 0 Å². The van der Waals surface area contributed by atoms with Gasteiger partial charge >= 0.3 is 0 Å². The van der Waals surface area contributed by atoms with Gasteiger partial charge < -0.3 is 19.3 Å². The first-order valence-corrected chi connectivity index (χ1v) is 9.42. The Morgan fingerprint density at radius 3 is 3.04 bits per heavy atom. The number of hydrogen-bond acceptors (Lipinski definition) is 6. The first kappa shape index (κ1) is 18.2. The molecule has 3 aliphatic heterocycles. The lowest BCUT2D eigenvalue weighted by molar-refractivity contribution is -0.132. The fourth-order valence-corrected chi connectivity index (χ4v) is 4.19. The SMILES string of the molecule is Cc1cc(N2C[C@@]34C=C[C@@H](O3)[C@@H](C(=O)NCCCOC(C)C)[C@@H]4C2=O)no1. The van der Waals surface area contributed by atoms with Crippen LogP contribution in [0.2, 0.25) is 0 Å². The fraction of sp³-hybridized carbons (Fsp3) is 0.632. The van der Waals surface area contributed by atoms with Gasteiger partial charge in [0, 0.05) is 19.2 Å². The van der Waals surface area contributed by atoms with E-state index in [1.807, 2.05) is 26.0 Å². The number of rotatable bonds is 7. The van der Waals surface area contributed by atoms with Gasteiger partial charge in [0.2, 0.25) is 11.8 Å². The lowest BCUT2D eigenvalue weighted by atomic mass is 9.77. The van der Waals surface area contributed by atoms with Crippen molar-refractivity contribution in [1.82, 2.24) is 10.5 Å². The molecule has 0 aromatic carbocycles. The Bertz CT molecular complexity index is 773. The number of hydrogen-bond donors (Lipinski definition) is 1. The van der Waals surface area contributed by atoms with Crippen molar-refractivity contribution in [3.63, 3.8) is 0 Å². The van der Waals surface area contributed by atoms with Crippen LogP contribution in [0.4, 0.5) is 5.82 Å². The Morgan fingerprint density at radius 1 is 1.52 bits per heavy atom. The van der Waals surface area contributed by atoms with Crippen LogP contribution in [-0.2, 0) is 19.1 Å². The molecule has 8 heteroatoms. The van der Waals surface area contributed by atoms with Crippen molar-refractivity contribution in [2.75, 3.05) is 24.6 Å². The molecule has 2 amide bonds. The van der Waals surface area contributed by atoms with Gasteiger partial charge in [0.15, 0.2) is 5.82 Å². The van der Waals surface area contributed by atoms with Crippen molar-refractivity contribution in [1.29, 1.82) is 0 Å². The molecule has 4 atom stereocenters. The molecular weight excluding hydrogens is 350 g/mol. The first-order valence-electron chi connectivity index (χ1n) is 9.42. The van der Waals surface area contributed by atoms with Gasteiger partial charge in [0.05, 0.1) is 30.6 Å². The van der Waals surface area contributed by atoms with Crippen LogP contribution in [0.1, 0.15) is 26.0 Å². The van der Waals surface area contributed by atoms with Gasteiger partial charge in [-0.05, 0) is 27.2 Å². The molecule has 4 heterocycles. The van der Waals surface area contributed by atoms with E-state index in [0.717, 1.165) is 6.42 Å². The Balaban J connectivity index is 1.44. The monoisotopic (exact) mass is 375 g/mol. The number of nitrogens with one attached hydrogen (secondary N) is 1. The summed E-state index contributed by atoms with van der Waals surface area (Å²) in [7, 11) is 0. The molecule has 2 saturated heterocycles. The molecule has 2 fully saturated rings. The second kappa shape index (κ2) is 6.76. The molecule has 27 heavy (non-hydrogen) atoms. The van der Waals surface area contributed by atoms with Crippen LogP contribution in [0, 0.1) is 18.8 Å². The predicted octanol–water partition coefficient (Wildman–Crippen LogP) is 1.20. The standard InChI is InChI=1S/C19H25N3O5/c1-11(2)25-8-4-7-20-17(23)15-13-5-6-19(26-13)10-22(18(24)16(15)19)14-9-12(3)27-21-14/h5-6,9,11,13,15-16H,4,7-8,10H2,1-3H3,(H,20,23)/t13-,15-,16-,19-/m1/s1. The van der Waals surface area contributed by atoms with Crippen molar-refractivity contribution in [3.05, 3.63) is 24.0 Å². The van der Waals surface area contributed by atoms with Crippen molar-refractivity contribution in [2.45, 2.75) is 45.0 Å². The van der Waals surface area contributed by atoms with Gasteiger partial charge in [-0.3, -0.25) is 14.5 Å². The molecule has 0 radical (unpaired) electrons. The second-order valence-electron chi connectivity index (χ2n) is 7.68. The number of fused-ring (bicyclic) bond motifs is 1. The number of carbonyl (C=O) groups is 2. The van der Waals surface area contributed by atoms with Gasteiger partial charge in [-0.25, -0.2) is 0 Å². The quantitative estimate of drug-likeness (QED) is 0.569. The van der Waals surface area contributed by atoms with Gasteiger partial charge in [0.25, 0.3) is 0 Å². The molecule has 2 bridgehead atoms. The maximum absolute atomic E-state index is 13.1. The van der Waals surface area contributed by atoms with Crippen molar-refractivity contribution >= 4 is 17.6 Å². The van der Waals surface area contributed by atoms with E-state index in [-0.39, 0.29) is 24.0 Å². The average molecular weight is 375 g/mol. The smallest absolute Gasteiger partial charge is 0.235 e. The Kier molecular flexibility index (Phi) is 4.55. The lowest BCUT2D eigenvalue weighted by Crippen LogP contribution is -2.44. The zero-order valence-corrected chi connectivity index (χ0v) is 15.8. The summed E-state index contributed by atoms with van der Waals surface area (Å²) in [5, 5.41) is 6.88. The van der Waals surface area contributed by atoms with E-state index >= 15 is 0 Å². The maximum Gasteiger partial charge on any atom is 0.235 e. The summed E-state index contributed by atoms with van der Waals surface area (Å²) in [6.07, 6.45) is 4.37. The molecule has 1 aromatic rings. The number of nitrogens with zero attached hydrogens (tertiary/aromatic N) is 2. The molecule has 0 aliphatic carbocycles. The molecular formula is C19H25N3O5. The number of anilines is 1. The molecule has 1 N–H and O–H groups in total. The summed E-state index contributed by atoms with van der Waals surface area (Å²) in [6.45, 7) is 7.18. The summed E-state index contributed by atoms with van der Waals surface area (Å²) in [5.41, 5.74) is -0.753. The van der Waals surface area contributed by atoms with E-state index in [2.05, 4.69) is 10.5 Å². The van der Waals surface area contributed by atoms with Gasteiger partial charge in [-0.15, -0.1) is 0 Å². The fourth-order valence-electron chi connectivity index (χ4n) is 4.19. The summed E-state index contributed by atoms with van der Waals surface area (Å²) in [6, 6.07) is 1.72. The molecule has 146 valence electrons. The van der Waals surface area contributed by atoms with E-state index in [4.69, 9.17) is 14.0 Å². The average Bonchev–Trinajstić information content (AvgIpc) is 3.35. The van der Waals surface area contributed by atoms with Crippen LogP contribution in [0.15, 0.2) is 22.7 Å². The van der Waals surface area contributed by atoms with Crippen molar-refractivity contribution < 1.29 is 23.6 Å². The summed E-state index contributed by atoms with van der Waals surface area (Å²) in [5.74, 6) is -0.244. The van der Waals surface area contributed by atoms with Crippen LogP contribution >= 0.6 is 0 Å². The van der Waals surface area contributed by atoms with Crippen LogP contribution in [0.3, 0.4) is 0 Å². The molecule has 0 unspecified atom stereocenters. The number of ether oxygens (including phenoxy) is 2. The number of amides is 2. The van der Waals surface area contributed by atoms with E-state index < -0.39 is 17.4 Å². The van der Waals surface area contributed by atoms with E-state index in [9.17, 15) is 9.59 Å². The third kappa shape index (κ3) is 3.06. The maximum atomic E-state index is 13.1. The molecule has 1 aromatic heterocycles. The minimum atomic E-state index is -0.753. The third-order valence-corrected chi connectivity index (χ3v) is 5.37.